The number of nitrogens with one attached hydrogen (secondary N) is 1. The van der Waals surface area contributed by atoms with E-state index in [0.717, 1.165) is 62.6 Å². The first kappa shape index (κ1) is 28.7. The number of aliphatic carboxylic acids is 1. The summed E-state index contributed by atoms with van der Waals surface area (Å²) in [5.41, 5.74) is 1.14. The molecule has 212 valence electrons. The lowest BCUT2D eigenvalue weighted by atomic mass is 9.65. The molecule has 2 atom stereocenters. The number of carbonyl (C=O) groups is 1. The fourth-order valence-electron chi connectivity index (χ4n) is 6.66. The molecule has 39 heavy (non-hydrogen) atoms. The Hall–Kier alpha value is -1.80. The molecule has 1 saturated carbocycles. The molecule has 2 aromatic rings. The van der Waals surface area contributed by atoms with Gasteiger partial charge in [-0.15, -0.1) is 0 Å². The van der Waals surface area contributed by atoms with Gasteiger partial charge in [0.1, 0.15) is 5.02 Å². The van der Waals surface area contributed by atoms with E-state index in [0.29, 0.717) is 38.8 Å². The summed E-state index contributed by atoms with van der Waals surface area (Å²) in [6.45, 7) is 9.84. The molecule has 10 heteroatoms. The van der Waals surface area contributed by atoms with Gasteiger partial charge >= 0.3 is 5.97 Å². The molecule has 3 heterocycles. The lowest BCUT2D eigenvalue weighted by Gasteiger charge is -2.50. The van der Waals surface area contributed by atoms with Gasteiger partial charge in [0.25, 0.3) is 0 Å². The predicted molar refractivity (Wildman–Crippen MR) is 158 cm³/mol. The Morgan fingerprint density at radius 1 is 1.10 bits per heavy atom. The van der Waals surface area contributed by atoms with Crippen molar-refractivity contribution in [3.05, 3.63) is 44.5 Å². The Kier molecular flexibility index (Phi) is 8.54. The number of aryl methyl sites for hydroxylation is 1. The second-order valence-electron chi connectivity index (χ2n) is 12.0. The summed E-state index contributed by atoms with van der Waals surface area (Å²) in [5, 5.41) is 14.6. The molecule has 7 nitrogen and oxygen atoms in total. The zero-order chi connectivity index (χ0) is 27.9. The van der Waals surface area contributed by atoms with E-state index in [4.69, 9.17) is 44.8 Å². The summed E-state index contributed by atoms with van der Waals surface area (Å²) in [6, 6.07) is 5.80. The van der Waals surface area contributed by atoms with Gasteiger partial charge in [0.15, 0.2) is 5.82 Å². The van der Waals surface area contributed by atoms with E-state index >= 15 is 0 Å². The van der Waals surface area contributed by atoms with Crippen molar-refractivity contribution in [3.63, 3.8) is 0 Å². The van der Waals surface area contributed by atoms with Crippen LogP contribution >= 0.6 is 34.8 Å². The molecule has 0 unspecified atom stereocenters. The van der Waals surface area contributed by atoms with Crippen LogP contribution in [-0.4, -0.2) is 58.2 Å². The zero-order valence-corrected chi connectivity index (χ0v) is 25.2. The van der Waals surface area contributed by atoms with Gasteiger partial charge in [-0.3, -0.25) is 4.79 Å². The third-order valence-corrected chi connectivity index (χ3v) is 10.2. The summed E-state index contributed by atoms with van der Waals surface area (Å²) in [7, 11) is 0. The van der Waals surface area contributed by atoms with Gasteiger partial charge < -0.3 is 20.2 Å². The molecule has 1 aliphatic carbocycles. The average molecular weight is 595 g/mol. The van der Waals surface area contributed by atoms with Crippen molar-refractivity contribution in [1.82, 2.24) is 14.9 Å². The molecule has 3 aliphatic rings. The maximum absolute atomic E-state index is 11.5. The fourth-order valence-corrected chi connectivity index (χ4v) is 7.37. The second kappa shape index (κ2) is 11.6. The number of rotatable bonds is 7. The number of hydrogen-bond acceptors (Lipinski definition) is 6. The van der Waals surface area contributed by atoms with Gasteiger partial charge in [-0.1, -0.05) is 40.9 Å². The number of piperidine rings is 2. The van der Waals surface area contributed by atoms with Crippen LogP contribution in [-0.2, 0) is 4.79 Å². The van der Waals surface area contributed by atoms with Crippen molar-refractivity contribution in [2.75, 3.05) is 36.4 Å². The average Bonchev–Trinajstić information content (AvgIpc) is 2.89. The lowest BCUT2D eigenvalue weighted by Crippen LogP contribution is -2.55. The van der Waals surface area contributed by atoms with Gasteiger partial charge in [-0.25, -0.2) is 4.98 Å². The van der Waals surface area contributed by atoms with Crippen molar-refractivity contribution in [2.24, 2.45) is 17.3 Å². The molecule has 1 aromatic carbocycles. The number of aromatic nitrogens is 2. The first-order valence-electron chi connectivity index (χ1n) is 14.0. The highest BCUT2D eigenvalue weighted by molar-refractivity contribution is 6.35. The molecule has 2 aliphatic heterocycles. The minimum Gasteiger partial charge on any atom is -0.481 e. The van der Waals surface area contributed by atoms with Gasteiger partial charge in [-0.05, 0) is 102 Å². The Morgan fingerprint density at radius 3 is 2.49 bits per heavy atom. The van der Waals surface area contributed by atoms with Crippen LogP contribution in [0.5, 0.6) is 0 Å². The number of benzene rings is 1. The third kappa shape index (κ3) is 6.12. The molecule has 0 radical (unpaired) electrons. The zero-order valence-electron chi connectivity index (χ0n) is 22.9. The highest BCUT2D eigenvalue weighted by Gasteiger charge is 2.49. The smallest absolute Gasteiger partial charge is 0.309 e. The number of carboxylic acid groups (broad SMARTS) is 1. The topological polar surface area (TPSA) is 81.6 Å². The quantitative estimate of drug-likeness (QED) is 0.354. The number of halogens is 3. The summed E-state index contributed by atoms with van der Waals surface area (Å²) in [5.74, 6) is 1.96. The van der Waals surface area contributed by atoms with Crippen LogP contribution in [0.4, 0.5) is 11.8 Å². The minimum absolute atomic E-state index is 0.113. The van der Waals surface area contributed by atoms with Crippen molar-refractivity contribution in [2.45, 2.75) is 71.4 Å². The number of carboxylic acids is 1. The van der Waals surface area contributed by atoms with Crippen molar-refractivity contribution in [3.8, 4) is 0 Å². The molecule has 0 spiro atoms. The second-order valence-corrected chi connectivity index (χ2v) is 13.2. The summed E-state index contributed by atoms with van der Waals surface area (Å²) >= 11 is 19.2. The molecule has 0 amide bonds. The van der Waals surface area contributed by atoms with Crippen molar-refractivity contribution < 1.29 is 9.90 Å². The van der Waals surface area contributed by atoms with Crippen LogP contribution in [0, 0.1) is 24.2 Å². The Morgan fingerprint density at radius 2 is 1.82 bits per heavy atom. The Labute approximate surface area is 246 Å². The summed E-state index contributed by atoms with van der Waals surface area (Å²) < 4.78 is 0. The molecule has 5 rings (SSSR count). The van der Waals surface area contributed by atoms with E-state index in [2.05, 4.69) is 15.1 Å². The van der Waals surface area contributed by atoms with Gasteiger partial charge in [0, 0.05) is 29.2 Å². The van der Waals surface area contributed by atoms with Crippen LogP contribution in [0.2, 0.25) is 15.1 Å². The van der Waals surface area contributed by atoms with Crippen LogP contribution < -0.4 is 10.2 Å². The fraction of sp³-hybridized carbons (Fsp3) is 0.621. The predicted octanol–water partition coefficient (Wildman–Crippen LogP) is 7.10. The van der Waals surface area contributed by atoms with Crippen LogP contribution in [0.25, 0.3) is 0 Å². The number of hydrogen-bond donors (Lipinski definition) is 2. The number of likely N-dealkylation sites (tertiary alicyclic amines) is 1. The first-order valence-corrected chi connectivity index (χ1v) is 15.2. The van der Waals surface area contributed by atoms with E-state index in [9.17, 15) is 9.90 Å². The monoisotopic (exact) mass is 593 g/mol. The number of anilines is 2. The van der Waals surface area contributed by atoms with Gasteiger partial charge in [0.05, 0.1) is 17.2 Å². The van der Waals surface area contributed by atoms with Crippen LogP contribution in [0.1, 0.15) is 69.7 Å². The molecule has 2 N–H and O–H groups in total. The maximum Gasteiger partial charge on any atom is 0.309 e. The van der Waals surface area contributed by atoms with Crippen molar-refractivity contribution in [1.29, 1.82) is 0 Å². The van der Waals surface area contributed by atoms with Crippen LogP contribution in [0.3, 0.4) is 0 Å². The highest BCUT2D eigenvalue weighted by Crippen LogP contribution is 2.45. The largest absolute Gasteiger partial charge is 0.481 e. The van der Waals surface area contributed by atoms with E-state index in [1.165, 1.54) is 19.3 Å². The molecular weight excluding hydrogens is 557 g/mol. The minimum atomic E-state index is -0.655. The Balaban J connectivity index is 1.21. The van der Waals surface area contributed by atoms with E-state index in [1.54, 1.807) is 6.07 Å². The van der Waals surface area contributed by atoms with Crippen molar-refractivity contribution >= 4 is 52.5 Å². The molecule has 3 fully saturated rings. The summed E-state index contributed by atoms with van der Waals surface area (Å²) in [6.07, 6.45) is 6.24. The van der Waals surface area contributed by atoms with E-state index < -0.39 is 11.4 Å². The van der Waals surface area contributed by atoms with Crippen LogP contribution in [0.15, 0.2) is 18.2 Å². The van der Waals surface area contributed by atoms with E-state index in [-0.39, 0.29) is 6.04 Å². The standard InChI is InChI=1S/C29H38Cl3N5O2/c1-17(23-7-6-21(30)13-24(23)31)33-26-25(32)18(2)34-28(35-26)37-10-4-5-20(16-37)19-8-11-36(12-9-19)22-14-29(3,15-22)27(38)39/h6-7,13,17,19-20,22H,4-5,8-12,14-16H2,1-3H3,(H,38,39)(H,33,34,35)/t17-,20+,22?,29?/m1/s1. The SMILES string of the molecule is Cc1nc(N2CCC[C@H](C3CCN(C4CC(C)(C(=O)O)C4)CC3)C2)nc(N[C@H](C)c2ccc(Cl)cc2Cl)c1Cl. The normalized spacial score (nSPS) is 27.2. The molecule has 0 bridgehead atoms. The Bertz CT molecular complexity index is 1210. The molecule has 1 aromatic heterocycles. The molecular formula is C29H38Cl3N5O2. The third-order valence-electron chi connectivity index (χ3n) is 9.17. The maximum atomic E-state index is 11.5. The lowest BCUT2D eigenvalue weighted by molar-refractivity contribution is -0.158. The molecule has 2 saturated heterocycles. The van der Waals surface area contributed by atoms with Gasteiger partial charge in [-0.2, -0.15) is 4.98 Å². The number of nitrogens with zero attached hydrogens (tertiary/aromatic N) is 4. The first-order chi connectivity index (χ1) is 18.5. The van der Waals surface area contributed by atoms with E-state index in [1.807, 2.05) is 32.9 Å². The summed E-state index contributed by atoms with van der Waals surface area (Å²) in [4.78, 5) is 26.0. The van der Waals surface area contributed by atoms with Gasteiger partial charge in [0.2, 0.25) is 5.95 Å². The highest BCUT2D eigenvalue weighted by atomic mass is 35.5.